The minimum absolute atomic E-state index is 0.0231. The average Bonchev–Trinajstić information content (AvgIpc) is 2.96. The number of hydrogen-bond donors (Lipinski definition) is 2. The van der Waals surface area contributed by atoms with Gasteiger partial charge in [0.25, 0.3) is 0 Å². The van der Waals surface area contributed by atoms with Crippen LogP contribution in [0.3, 0.4) is 0 Å². The average molecular weight is 325 g/mol. The van der Waals surface area contributed by atoms with Gasteiger partial charge in [-0.3, -0.25) is 9.69 Å². The molecule has 0 bridgehead atoms. The number of aliphatic carboxylic acids is 1. The lowest BCUT2D eigenvalue weighted by molar-refractivity contribution is -0.139. The summed E-state index contributed by atoms with van der Waals surface area (Å²) in [6, 6.07) is 0.692. The molecule has 2 amide bonds. The van der Waals surface area contributed by atoms with Crippen molar-refractivity contribution >= 4 is 12.0 Å². The van der Waals surface area contributed by atoms with Crippen molar-refractivity contribution in [2.45, 2.75) is 63.3 Å². The van der Waals surface area contributed by atoms with Gasteiger partial charge in [-0.15, -0.1) is 0 Å². The monoisotopic (exact) mass is 325 g/mol. The van der Waals surface area contributed by atoms with E-state index in [0.29, 0.717) is 13.2 Å². The maximum atomic E-state index is 12.5. The fraction of sp³-hybridized carbons (Fsp3) is 0.875. The molecule has 0 radical (unpaired) electrons. The molecule has 2 atom stereocenters. The lowest BCUT2D eigenvalue weighted by atomic mass is 9.85. The van der Waals surface area contributed by atoms with Crippen LogP contribution in [0.5, 0.6) is 0 Å². The fourth-order valence-corrected chi connectivity index (χ4v) is 4.11. The van der Waals surface area contributed by atoms with Crippen molar-refractivity contribution < 1.29 is 19.4 Å². The Balaban J connectivity index is 1.46. The van der Waals surface area contributed by atoms with Crippen LogP contribution in [-0.4, -0.2) is 77.4 Å². The molecule has 0 aromatic rings. The molecule has 3 rings (SSSR count). The summed E-state index contributed by atoms with van der Waals surface area (Å²) >= 11 is 0. The lowest BCUT2D eigenvalue weighted by Crippen LogP contribution is -2.60. The van der Waals surface area contributed by atoms with E-state index in [1.165, 1.54) is 0 Å². The number of nitrogens with one attached hydrogen (secondary N) is 1. The van der Waals surface area contributed by atoms with E-state index in [9.17, 15) is 9.59 Å². The van der Waals surface area contributed by atoms with Crippen LogP contribution in [0.15, 0.2) is 0 Å². The molecule has 0 spiro atoms. The molecule has 130 valence electrons. The number of urea groups is 1. The van der Waals surface area contributed by atoms with Gasteiger partial charge in [-0.2, -0.15) is 0 Å². The highest BCUT2D eigenvalue weighted by Gasteiger charge is 2.40. The highest BCUT2D eigenvalue weighted by atomic mass is 16.5. The van der Waals surface area contributed by atoms with E-state index in [4.69, 9.17) is 9.84 Å². The van der Waals surface area contributed by atoms with E-state index in [1.54, 1.807) is 0 Å². The Morgan fingerprint density at radius 1 is 1.35 bits per heavy atom. The molecule has 2 saturated carbocycles. The van der Waals surface area contributed by atoms with Gasteiger partial charge in [0.2, 0.25) is 0 Å². The summed E-state index contributed by atoms with van der Waals surface area (Å²) < 4.78 is 5.74. The van der Waals surface area contributed by atoms with Crippen LogP contribution in [0.25, 0.3) is 0 Å². The molecule has 0 aromatic carbocycles. The van der Waals surface area contributed by atoms with Crippen molar-refractivity contribution in [2.24, 2.45) is 0 Å². The number of carbonyl (C=O) groups excluding carboxylic acids is 1. The zero-order valence-electron chi connectivity index (χ0n) is 13.7. The molecule has 1 saturated heterocycles. The van der Waals surface area contributed by atoms with Crippen LogP contribution < -0.4 is 5.32 Å². The van der Waals surface area contributed by atoms with Gasteiger partial charge < -0.3 is 20.1 Å². The van der Waals surface area contributed by atoms with Crippen LogP contribution >= 0.6 is 0 Å². The minimum atomic E-state index is -0.792. The number of amides is 2. The molecule has 1 heterocycles. The molecular weight excluding hydrogens is 298 g/mol. The maximum absolute atomic E-state index is 12.5. The number of carboxylic acids is 1. The number of carboxylic acid groups (broad SMARTS) is 1. The van der Waals surface area contributed by atoms with Crippen LogP contribution in [0.2, 0.25) is 0 Å². The summed E-state index contributed by atoms with van der Waals surface area (Å²) in [5.41, 5.74) is 0. The highest BCUT2D eigenvalue weighted by molar-refractivity contribution is 5.75. The Morgan fingerprint density at radius 3 is 2.83 bits per heavy atom. The maximum Gasteiger partial charge on any atom is 0.318 e. The zero-order chi connectivity index (χ0) is 16.4. The summed E-state index contributed by atoms with van der Waals surface area (Å²) in [5.74, 6) is -0.792. The second-order valence-electron chi connectivity index (χ2n) is 6.83. The van der Waals surface area contributed by atoms with Gasteiger partial charge in [-0.1, -0.05) is 6.92 Å². The van der Waals surface area contributed by atoms with Crippen LogP contribution in [0.4, 0.5) is 4.79 Å². The van der Waals surface area contributed by atoms with Crippen molar-refractivity contribution in [3.63, 3.8) is 0 Å². The Morgan fingerprint density at radius 2 is 2.13 bits per heavy atom. The second kappa shape index (κ2) is 7.05. The summed E-state index contributed by atoms with van der Waals surface area (Å²) in [4.78, 5) is 27.3. The first-order chi connectivity index (χ1) is 11.1. The summed E-state index contributed by atoms with van der Waals surface area (Å²) in [6.07, 6.45) is 5.12. The number of rotatable bonds is 5. The smallest absolute Gasteiger partial charge is 0.318 e. The van der Waals surface area contributed by atoms with Crippen molar-refractivity contribution in [2.75, 3.05) is 26.2 Å². The number of nitrogens with zero attached hydrogens (tertiary/aromatic N) is 2. The van der Waals surface area contributed by atoms with Gasteiger partial charge in [0.15, 0.2) is 0 Å². The van der Waals surface area contributed by atoms with Crippen molar-refractivity contribution in [3.8, 4) is 0 Å². The first kappa shape index (κ1) is 16.5. The van der Waals surface area contributed by atoms with Gasteiger partial charge in [0, 0.05) is 18.6 Å². The first-order valence-corrected chi connectivity index (χ1v) is 8.73. The molecule has 0 aromatic heterocycles. The van der Waals surface area contributed by atoms with Crippen molar-refractivity contribution in [1.29, 1.82) is 0 Å². The number of carbonyl (C=O) groups is 2. The van der Waals surface area contributed by atoms with Gasteiger partial charge in [0.1, 0.15) is 0 Å². The summed E-state index contributed by atoms with van der Waals surface area (Å²) in [5, 5.41) is 12.0. The van der Waals surface area contributed by atoms with Crippen LogP contribution in [0.1, 0.15) is 39.0 Å². The molecule has 7 nitrogen and oxygen atoms in total. The van der Waals surface area contributed by atoms with E-state index in [0.717, 1.165) is 38.6 Å². The molecule has 2 N–H and O–H groups in total. The van der Waals surface area contributed by atoms with Gasteiger partial charge >= 0.3 is 12.0 Å². The third-order valence-electron chi connectivity index (χ3n) is 5.44. The number of ether oxygens (including phenoxy) is 1. The Bertz CT molecular complexity index is 453. The molecule has 0 unspecified atom stereocenters. The third-order valence-corrected chi connectivity index (χ3v) is 5.44. The number of fused-ring (bicyclic) bond motifs is 1. The van der Waals surface area contributed by atoms with E-state index in [2.05, 4.69) is 5.32 Å². The standard InChI is InChI=1S/C16H27N3O4/c1-2-18(10-15(20)21)12-8-11(9-12)17-16(22)19-6-7-23-14-5-3-4-13(14)19/h11-14H,2-10H2,1H3,(H,17,22)(H,20,21)/t11?,12?,13-,14+/m1/s1. The fourth-order valence-electron chi connectivity index (χ4n) is 4.11. The Hall–Kier alpha value is -1.34. The third kappa shape index (κ3) is 3.61. The van der Waals surface area contributed by atoms with E-state index < -0.39 is 5.97 Å². The summed E-state index contributed by atoms with van der Waals surface area (Å²) in [6.45, 7) is 4.08. The van der Waals surface area contributed by atoms with Crippen LogP contribution in [-0.2, 0) is 9.53 Å². The molecular formula is C16H27N3O4. The van der Waals surface area contributed by atoms with Gasteiger partial charge in [-0.25, -0.2) is 4.79 Å². The normalized spacial score (nSPS) is 33.2. The van der Waals surface area contributed by atoms with Crippen molar-refractivity contribution in [3.05, 3.63) is 0 Å². The molecule has 7 heteroatoms. The SMILES string of the molecule is CCN(CC(=O)O)C1CC(NC(=O)N2CCO[C@H]3CCC[C@H]32)C1. The summed E-state index contributed by atoms with van der Waals surface area (Å²) in [7, 11) is 0. The largest absolute Gasteiger partial charge is 0.480 e. The quantitative estimate of drug-likeness (QED) is 0.784. The van der Waals surface area contributed by atoms with E-state index >= 15 is 0 Å². The zero-order valence-corrected chi connectivity index (χ0v) is 13.7. The lowest BCUT2D eigenvalue weighted by Gasteiger charge is -2.44. The van der Waals surface area contributed by atoms with Gasteiger partial charge in [-0.05, 0) is 38.6 Å². The van der Waals surface area contributed by atoms with Crippen LogP contribution in [0, 0.1) is 0 Å². The Kier molecular flexibility index (Phi) is 5.06. The topological polar surface area (TPSA) is 82.1 Å². The van der Waals surface area contributed by atoms with E-state index in [1.807, 2.05) is 16.7 Å². The molecule has 1 aliphatic heterocycles. The number of morpholine rings is 1. The highest BCUT2D eigenvalue weighted by Crippen LogP contribution is 2.30. The number of likely N-dealkylation sites (N-methyl/N-ethyl adjacent to an activating group) is 1. The predicted molar refractivity (Wildman–Crippen MR) is 84.3 cm³/mol. The minimum Gasteiger partial charge on any atom is -0.480 e. The van der Waals surface area contributed by atoms with E-state index in [-0.39, 0.29) is 36.8 Å². The molecule has 3 aliphatic rings. The van der Waals surface area contributed by atoms with Gasteiger partial charge in [0.05, 0.1) is 25.3 Å². The van der Waals surface area contributed by atoms with Crippen molar-refractivity contribution in [1.82, 2.24) is 15.1 Å². The predicted octanol–water partition coefficient (Wildman–Crippen LogP) is 0.887. The molecule has 23 heavy (non-hydrogen) atoms. The Labute approximate surface area is 136 Å². The molecule has 3 fully saturated rings. The number of hydrogen-bond acceptors (Lipinski definition) is 4. The molecule has 2 aliphatic carbocycles. The first-order valence-electron chi connectivity index (χ1n) is 8.73. The second-order valence-corrected chi connectivity index (χ2v) is 6.83.